The number of likely N-dealkylation sites (tertiary alicyclic amines) is 1. The monoisotopic (exact) mass is 362 g/mol. The lowest BCUT2D eigenvalue weighted by atomic mass is 10.0. The molecule has 1 aliphatic rings. The Morgan fingerprint density at radius 2 is 1.83 bits per heavy atom. The third-order valence-electron chi connectivity index (χ3n) is 4.28. The van der Waals surface area contributed by atoms with Crippen LogP contribution in [0.5, 0.6) is 0 Å². The van der Waals surface area contributed by atoms with Gasteiger partial charge in [0.15, 0.2) is 0 Å². The average molecular weight is 363 g/mol. The van der Waals surface area contributed by atoms with Crippen molar-refractivity contribution in [2.24, 2.45) is 11.7 Å². The summed E-state index contributed by atoms with van der Waals surface area (Å²) in [4.78, 5) is 37.8. The fraction of sp³-hybridized carbons (Fsp3) is 0.812. The minimum absolute atomic E-state index is 0. The predicted octanol–water partition coefficient (Wildman–Crippen LogP) is 0.413. The van der Waals surface area contributed by atoms with Crippen LogP contribution in [0.25, 0.3) is 0 Å². The summed E-state index contributed by atoms with van der Waals surface area (Å²) in [5.74, 6) is -0.825. The first-order valence-corrected chi connectivity index (χ1v) is 8.37. The van der Waals surface area contributed by atoms with Gasteiger partial charge < -0.3 is 21.3 Å². The number of nitrogens with one attached hydrogen (secondary N) is 2. The van der Waals surface area contributed by atoms with Crippen molar-refractivity contribution < 1.29 is 14.4 Å². The molecule has 1 aliphatic heterocycles. The zero-order valence-corrected chi connectivity index (χ0v) is 15.8. The molecular formula is C16H31ClN4O3. The molecule has 0 aromatic carbocycles. The highest BCUT2D eigenvalue weighted by Crippen LogP contribution is 2.17. The highest BCUT2D eigenvalue weighted by molar-refractivity contribution is 5.91. The van der Waals surface area contributed by atoms with Crippen LogP contribution in [0.2, 0.25) is 0 Å². The lowest BCUT2D eigenvalue weighted by Crippen LogP contribution is -2.53. The molecule has 2 unspecified atom stereocenters. The summed E-state index contributed by atoms with van der Waals surface area (Å²) in [6, 6.07) is -1.03. The van der Waals surface area contributed by atoms with Gasteiger partial charge in [-0.2, -0.15) is 0 Å². The molecule has 8 heteroatoms. The van der Waals surface area contributed by atoms with Gasteiger partial charge in [-0.15, -0.1) is 12.4 Å². The molecule has 1 saturated heterocycles. The van der Waals surface area contributed by atoms with Gasteiger partial charge in [0.05, 0.1) is 12.6 Å². The van der Waals surface area contributed by atoms with Crippen LogP contribution in [-0.2, 0) is 14.4 Å². The van der Waals surface area contributed by atoms with Gasteiger partial charge in [-0.25, -0.2) is 0 Å². The molecule has 1 heterocycles. The molecular weight excluding hydrogens is 332 g/mol. The van der Waals surface area contributed by atoms with E-state index >= 15 is 0 Å². The molecule has 1 fully saturated rings. The second-order valence-corrected chi connectivity index (χ2v) is 6.65. The largest absolute Gasteiger partial charge is 0.346 e. The molecule has 0 bridgehead atoms. The van der Waals surface area contributed by atoms with E-state index < -0.39 is 12.1 Å². The molecule has 3 atom stereocenters. The zero-order valence-electron chi connectivity index (χ0n) is 15.0. The van der Waals surface area contributed by atoms with Crippen molar-refractivity contribution in [2.75, 3.05) is 13.1 Å². The maximum absolute atomic E-state index is 12.4. The summed E-state index contributed by atoms with van der Waals surface area (Å²) in [5, 5.41) is 5.13. The second-order valence-electron chi connectivity index (χ2n) is 6.65. The maximum atomic E-state index is 12.4. The highest BCUT2D eigenvalue weighted by atomic mass is 35.5. The number of nitrogens with zero attached hydrogens (tertiary/aromatic N) is 1. The van der Waals surface area contributed by atoms with Gasteiger partial charge in [-0.1, -0.05) is 13.8 Å². The lowest BCUT2D eigenvalue weighted by molar-refractivity contribution is -0.138. The molecule has 7 nitrogen and oxygen atoms in total. The number of rotatable bonds is 6. The number of carbonyl (C=O) groups is 3. The van der Waals surface area contributed by atoms with E-state index in [-0.39, 0.29) is 48.6 Å². The van der Waals surface area contributed by atoms with Crippen LogP contribution < -0.4 is 16.4 Å². The van der Waals surface area contributed by atoms with Crippen LogP contribution in [0.3, 0.4) is 0 Å². The lowest BCUT2D eigenvalue weighted by Gasteiger charge is -2.35. The normalized spacial score (nSPS) is 19.9. The topological polar surface area (TPSA) is 105 Å². The van der Waals surface area contributed by atoms with E-state index in [2.05, 4.69) is 10.6 Å². The van der Waals surface area contributed by atoms with Crippen molar-refractivity contribution in [3.8, 4) is 0 Å². The summed E-state index contributed by atoms with van der Waals surface area (Å²) in [7, 11) is 0. The summed E-state index contributed by atoms with van der Waals surface area (Å²) in [6.07, 6.45) is 3.13. The molecule has 0 aromatic rings. The van der Waals surface area contributed by atoms with E-state index in [0.717, 1.165) is 25.8 Å². The molecule has 0 aromatic heterocycles. The minimum atomic E-state index is -0.643. The van der Waals surface area contributed by atoms with Crippen LogP contribution in [0.1, 0.15) is 47.0 Å². The number of nitrogens with two attached hydrogens (primary N) is 1. The molecule has 0 aliphatic carbocycles. The average Bonchev–Trinajstić information content (AvgIpc) is 2.51. The Balaban J connectivity index is 0.00000529. The van der Waals surface area contributed by atoms with Crippen molar-refractivity contribution in [1.29, 1.82) is 0 Å². The van der Waals surface area contributed by atoms with Crippen LogP contribution in [0.15, 0.2) is 0 Å². The molecule has 0 saturated carbocycles. The number of hydrogen-bond acceptors (Lipinski definition) is 4. The summed E-state index contributed by atoms with van der Waals surface area (Å²) < 4.78 is 0. The van der Waals surface area contributed by atoms with Crippen molar-refractivity contribution >= 4 is 30.1 Å². The maximum Gasteiger partial charge on any atom is 0.245 e. The van der Waals surface area contributed by atoms with E-state index in [1.807, 2.05) is 25.7 Å². The zero-order chi connectivity index (χ0) is 17.6. The Morgan fingerprint density at radius 3 is 2.38 bits per heavy atom. The highest BCUT2D eigenvalue weighted by Gasteiger charge is 2.27. The summed E-state index contributed by atoms with van der Waals surface area (Å²) >= 11 is 0. The van der Waals surface area contributed by atoms with Crippen LogP contribution in [0, 0.1) is 5.92 Å². The van der Waals surface area contributed by atoms with Crippen molar-refractivity contribution in [2.45, 2.75) is 65.1 Å². The van der Waals surface area contributed by atoms with Crippen LogP contribution >= 0.6 is 12.4 Å². The van der Waals surface area contributed by atoms with Crippen molar-refractivity contribution in [3.63, 3.8) is 0 Å². The Hall–Kier alpha value is -1.34. The molecule has 140 valence electrons. The van der Waals surface area contributed by atoms with Crippen molar-refractivity contribution in [3.05, 3.63) is 0 Å². The second kappa shape index (κ2) is 10.5. The van der Waals surface area contributed by atoms with Gasteiger partial charge in [0.1, 0.15) is 6.04 Å². The van der Waals surface area contributed by atoms with Gasteiger partial charge >= 0.3 is 0 Å². The summed E-state index contributed by atoms with van der Waals surface area (Å²) in [6.45, 7) is 7.94. The fourth-order valence-electron chi connectivity index (χ4n) is 2.62. The first-order valence-electron chi connectivity index (χ1n) is 8.37. The number of hydrogen-bond donors (Lipinski definition) is 3. The van der Waals surface area contributed by atoms with Gasteiger partial charge in [-0.3, -0.25) is 14.4 Å². The number of amides is 3. The molecule has 3 amide bonds. The Morgan fingerprint density at radius 1 is 1.21 bits per heavy atom. The Kier molecular flexibility index (Phi) is 9.92. The van der Waals surface area contributed by atoms with Crippen LogP contribution in [0.4, 0.5) is 0 Å². The van der Waals surface area contributed by atoms with E-state index in [4.69, 9.17) is 5.73 Å². The molecule has 1 rings (SSSR count). The summed E-state index contributed by atoms with van der Waals surface area (Å²) in [5.41, 5.74) is 5.70. The van der Waals surface area contributed by atoms with E-state index in [1.165, 1.54) is 0 Å². The number of halogens is 1. The van der Waals surface area contributed by atoms with Gasteiger partial charge in [-0.05, 0) is 39.0 Å². The smallest absolute Gasteiger partial charge is 0.245 e. The first-order chi connectivity index (χ1) is 10.7. The van der Waals surface area contributed by atoms with Gasteiger partial charge in [0.25, 0.3) is 0 Å². The SMILES string of the molecule is CC(NC(=O)CNC(=O)[C@@H](N)C(C)C)C(=O)N1CCCCC1C.Cl. The number of carbonyl (C=O) groups excluding carboxylic acids is 3. The van der Waals surface area contributed by atoms with Crippen molar-refractivity contribution in [1.82, 2.24) is 15.5 Å². The van der Waals surface area contributed by atoms with E-state index in [1.54, 1.807) is 6.92 Å². The first kappa shape index (κ1) is 22.7. The minimum Gasteiger partial charge on any atom is -0.346 e. The third-order valence-corrected chi connectivity index (χ3v) is 4.28. The standard InChI is InChI=1S/C16H30N4O3.ClH/c1-10(2)14(17)15(22)18-9-13(21)19-12(4)16(23)20-8-6-5-7-11(20)3;/h10-12,14H,5-9,17H2,1-4H3,(H,18,22)(H,19,21);1H/t11?,12?,14-;/m0./s1. The van der Waals surface area contributed by atoms with E-state index in [0.29, 0.717) is 0 Å². The Bertz CT molecular complexity index is 445. The van der Waals surface area contributed by atoms with Crippen LogP contribution in [-0.4, -0.2) is 53.8 Å². The molecule has 0 spiro atoms. The molecule has 0 radical (unpaired) electrons. The third kappa shape index (κ3) is 6.65. The molecule has 24 heavy (non-hydrogen) atoms. The fourth-order valence-corrected chi connectivity index (χ4v) is 2.62. The van der Waals surface area contributed by atoms with E-state index in [9.17, 15) is 14.4 Å². The quantitative estimate of drug-likeness (QED) is 0.636. The predicted molar refractivity (Wildman–Crippen MR) is 95.7 cm³/mol. The molecule has 4 N–H and O–H groups in total. The Labute approximate surface area is 150 Å². The van der Waals surface area contributed by atoms with Gasteiger partial charge in [0, 0.05) is 12.6 Å². The number of piperidine rings is 1. The van der Waals surface area contributed by atoms with Gasteiger partial charge in [0.2, 0.25) is 17.7 Å².